The van der Waals surface area contributed by atoms with Crippen LogP contribution in [0.2, 0.25) is 0 Å². The van der Waals surface area contributed by atoms with Crippen molar-refractivity contribution in [2.45, 2.75) is 13.0 Å². The van der Waals surface area contributed by atoms with Crippen LogP contribution in [0.4, 0.5) is 9.52 Å². The molecule has 1 N–H and O–H groups in total. The number of halogens is 1. The highest BCUT2D eigenvalue weighted by Gasteiger charge is 2.49. The maximum Gasteiger partial charge on any atom is 0.301 e. The summed E-state index contributed by atoms with van der Waals surface area (Å²) in [7, 11) is 2.93. The molecule has 36 heavy (non-hydrogen) atoms. The van der Waals surface area contributed by atoms with E-state index < -0.39 is 29.3 Å². The second-order valence-electron chi connectivity index (χ2n) is 8.23. The van der Waals surface area contributed by atoms with Gasteiger partial charge in [-0.05, 0) is 55.0 Å². The molecule has 0 saturated carbocycles. The van der Waals surface area contributed by atoms with Crippen LogP contribution in [-0.4, -0.2) is 36.0 Å². The fourth-order valence-electron chi connectivity index (χ4n) is 4.34. The molecule has 5 rings (SSSR count). The number of para-hydroxylation sites is 1. The lowest BCUT2D eigenvalue weighted by Gasteiger charge is -2.25. The minimum absolute atomic E-state index is 0.159. The van der Waals surface area contributed by atoms with Gasteiger partial charge in [0.15, 0.2) is 16.6 Å². The van der Waals surface area contributed by atoms with E-state index in [4.69, 9.17) is 9.47 Å². The Hall–Kier alpha value is -4.24. The molecular formula is C27H21FN2O5S. The zero-order valence-electron chi connectivity index (χ0n) is 19.6. The number of fused-ring (bicyclic) bond motifs is 1. The van der Waals surface area contributed by atoms with E-state index in [1.165, 1.54) is 54.7 Å². The van der Waals surface area contributed by atoms with Crippen LogP contribution in [0, 0.1) is 12.7 Å². The number of rotatable bonds is 5. The molecule has 3 aromatic carbocycles. The highest BCUT2D eigenvalue weighted by atomic mass is 32.1. The molecule has 1 aromatic heterocycles. The first-order valence-corrected chi connectivity index (χ1v) is 11.8. The fraction of sp³-hybridized carbons (Fsp3) is 0.148. The van der Waals surface area contributed by atoms with Crippen molar-refractivity contribution in [3.05, 3.63) is 88.7 Å². The molecule has 1 aliphatic rings. The Morgan fingerprint density at radius 3 is 2.50 bits per heavy atom. The van der Waals surface area contributed by atoms with Crippen LogP contribution in [0.5, 0.6) is 11.5 Å². The van der Waals surface area contributed by atoms with Crippen molar-refractivity contribution in [3.8, 4) is 11.5 Å². The van der Waals surface area contributed by atoms with Gasteiger partial charge in [-0.1, -0.05) is 29.5 Å². The Labute approximate surface area is 210 Å². The number of methoxy groups -OCH3 is 2. The summed E-state index contributed by atoms with van der Waals surface area (Å²) in [6, 6.07) is 14.8. The molecule has 4 aromatic rings. The Balaban J connectivity index is 1.79. The summed E-state index contributed by atoms with van der Waals surface area (Å²) in [5.74, 6) is -1.96. The monoisotopic (exact) mass is 504 g/mol. The number of ketones is 1. The molecule has 1 aliphatic heterocycles. The SMILES string of the molecule is COc1cccc([C@@H]2/C(=C(\O)c3ccc(F)cc3)C(=O)C(=O)N2c2nc3ccc(C)cc3s2)c1OC. The molecule has 9 heteroatoms. The van der Waals surface area contributed by atoms with Crippen molar-refractivity contribution >= 4 is 44.1 Å². The summed E-state index contributed by atoms with van der Waals surface area (Å²) in [6.07, 6.45) is 0. The first-order chi connectivity index (χ1) is 17.3. The van der Waals surface area contributed by atoms with E-state index >= 15 is 0 Å². The third-order valence-corrected chi connectivity index (χ3v) is 7.05. The molecule has 1 amide bonds. The number of aromatic nitrogens is 1. The molecule has 1 fully saturated rings. The van der Waals surface area contributed by atoms with Gasteiger partial charge >= 0.3 is 5.91 Å². The average Bonchev–Trinajstić information content (AvgIpc) is 3.40. The van der Waals surface area contributed by atoms with E-state index in [-0.39, 0.29) is 11.1 Å². The molecule has 1 atom stereocenters. The number of Topliss-reactive ketones (excluding diaryl/α,β-unsaturated/α-hetero) is 1. The van der Waals surface area contributed by atoms with Gasteiger partial charge in [-0.3, -0.25) is 14.5 Å². The summed E-state index contributed by atoms with van der Waals surface area (Å²) in [5.41, 5.74) is 2.17. The van der Waals surface area contributed by atoms with Crippen LogP contribution < -0.4 is 14.4 Å². The van der Waals surface area contributed by atoms with Crippen LogP contribution in [-0.2, 0) is 9.59 Å². The van der Waals surface area contributed by atoms with E-state index in [9.17, 15) is 19.1 Å². The third kappa shape index (κ3) is 3.77. The summed E-state index contributed by atoms with van der Waals surface area (Å²) in [5, 5.41) is 11.5. The minimum Gasteiger partial charge on any atom is -0.507 e. The molecular weight excluding hydrogens is 483 g/mol. The molecule has 0 unspecified atom stereocenters. The quantitative estimate of drug-likeness (QED) is 0.223. The number of hydrogen-bond acceptors (Lipinski definition) is 7. The van der Waals surface area contributed by atoms with E-state index in [1.54, 1.807) is 18.2 Å². The number of amides is 1. The van der Waals surface area contributed by atoms with Crippen molar-refractivity contribution in [1.29, 1.82) is 0 Å². The number of thiazole rings is 1. The van der Waals surface area contributed by atoms with Crippen LogP contribution in [0.1, 0.15) is 22.7 Å². The van der Waals surface area contributed by atoms with Crippen LogP contribution in [0.3, 0.4) is 0 Å². The Bertz CT molecular complexity index is 1540. The third-order valence-electron chi connectivity index (χ3n) is 6.03. The predicted octanol–water partition coefficient (Wildman–Crippen LogP) is 5.39. The minimum atomic E-state index is -1.07. The maximum absolute atomic E-state index is 13.5. The number of anilines is 1. The lowest BCUT2D eigenvalue weighted by molar-refractivity contribution is -0.132. The zero-order valence-corrected chi connectivity index (χ0v) is 20.4. The first kappa shape index (κ1) is 23.5. The topological polar surface area (TPSA) is 89.0 Å². The summed E-state index contributed by atoms with van der Waals surface area (Å²) in [4.78, 5) is 32.7. The molecule has 7 nitrogen and oxygen atoms in total. The van der Waals surface area contributed by atoms with Crippen molar-refractivity contribution in [3.63, 3.8) is 0 Å². The summed E-state index contributed by atoms with van der Waals surface area (Å²) >= 11 is 1.26. The van der Waals surface area contributed by atoms with Gasteiger partial charge < -0.3 is 14.6 Å². The number of benzene rings is 3. The van der Waals surface area contributed by atoms with Crippen molar-refractivity contribution in [2.75, 3.05) is 19.1 Å². The van der Waals surface area contributed by atoms with E-state index in [0.29, 0.717) is 27.7 Å². The summed E-state index contributed by atoms with van der Waals surface area (Å²) < 4.78 is 25.4. The number of aryl methyl sites for hydroxylation is 1. The lowest BCUT2D eigenvalue weighted by atomic mass is 9.94. The second-order valence-corrected chi connectivity index (χ2v) is 9.24. The van der Waals surface area contributed by atoms with Crippen molar-refractivity contribution < 1.29 is 28.6 Å². The Morgan fingerprint density at radius 1 is 1.06 bits per heavy atom. The molecule has 2 heterocycles. The van der Waals surface area contributed by atoms with Gasteiger partial charge in [-0.25, -0.2) is 9.37 Å². The second kappa shape index (κ2) is 9.09. The van der Waals surface area contributed by atoms with Gasteiger partial charge in [0.05, 0.1) is 30.0 Å². The largest absolute Gasteiger partial charge is 0.507 e. The van der Waals surface area contributed by atoms with Gasteiger partial charge in [-0.15, -0.1) is 0 Å². The molecule has 182 valence electrons. The number of carbonyl (C=O) groups is 2. The number of nitrogens with zero attached hydrogens (tertiary/aromatic N) is 2. The molecule has 0 aliphatic carbocycles. The van der Waals surface area contributed by atoms with Crippen molar-refractivity contribution in [2.24, 2.45) is 0 Å². The van der Waals surface area contributed by atoms with Gasteiger partial charge in [0.1, 0.15) is 17.6 Å². The zero-order chi connectivity index (χ0) is 25.6. The molecule has 1 saturated heterocycles. The number of aliphatic hydroxyl groups is 1. The lowest BCUT2D eigenvalue weighted by Crippen LogP contribution is -2.29. The first-order valence-electron chi connectivity index (χ1n) is 11.0. The molecule has 0 bridgehead atoms. The van der Waals surface area contributed by atoms with Crippen LogP contribution in [0.15, 0.2) is 66.2 Å². The van der Waals surface area contributed by atoms with Gasteiger partial charge in [0.2, 0.25) is 0 Å². The highest BCUT2D eigenvalue weighted by molar-refractivity contribution is 7.22. The van der Waals surface area contributed by atoms with Gasteiger partial charge in [0.25, 0.3) is 5.78 Å². The average molecular weight is 505 g/mol. The van der Waals surface area contributed by atoms with Gasteiger partial charge in [-0.2, -0.15) is 0 Å². The predicted molar refractivity (Wildman–Crippen MR) is 135 cm³/mol. The van der Waals surface area contributed by atoms with Gasteiger partial charge in [0, 0.05) is 11.1 Å². The number of ether oxygens (including phenoxy) is 2. The fourth-order valence-corrected chi connectivity index (χ4v) is 5.43. The van der Waals surface area contributed by atoms with E-state index in [2.05, 4.69) is 4.98 Å². The number of hydrogen-bond donors (Lipinski definition) is 1. The Kier molecular flexibility index (Phi) is 5.93. The molecule has 0 radical (unpaired) electrons. The highest BCUT2D eigenvalue weighted by Crippen LogP contribution is 2.48. The van der Waals surface area contributed by atoms with Crippen molar-refractivity contribution in [1.82, 2.24) is 4.98 Å². The number of carbonyl (C=O) groups excluding carboxylic acids is 2. The maximum atomic E-state index is 13.5. The number of aliphatic hydroxyl groups excluding tert-OH is 1. The Morgan fingerprint density at radius 2 is 1.81 bits per heavy atom. The standard InChI is InChI=1S/C27H21FN2O5S/c1-14-7-12-18-20(13-14)36-27(29-18)30-22(17-5-4-6-19(34-2)25(17)35-3)21(24(32)26(30)33)23(31)15-8-10-16(28)11-9-15/h4-13,22,31H,1-3H3/b23-21+/t22-/m1/s1. The normalized spacial score (nSPS) is 17.1. The summed E-state index contributed by atoms with van der Waals surface area (Å²) in [6.45, 7) is 1.95. The van der Waals surface area contributed by atoms with E-state index in [1.807, 2.05) is 25.1 Å². The van der Waals surface area contributed by atoms with Crippen LogP contribution in [0.25, 0.3) is 16.0 Å². The van der Waals surface area contributed by atoms with E-state index in [0.717, 1.165) is 10.3 Å². The van der Waals surface area contributed by atoms with Crippen LogP contribution >= 0.6 is 11.3 Å². The smallest absolute Gasteiger partial charge is 0.301 e. The molecule has 0 spiro atoms.